The average Bonchev–Trinajstić information content (AvgIpc) is 3.37. The van der Waals surface area contributed by atoms with Crippen LogP contribution in [0.25, 0.3) is 62.0 Å². The highest BCUT2D eigenvalue weighted by Crippen LogP contribution is 2.52. The van der Waals surface area contributed by atoms with Gasteiger partial charge in [-0.2, -0.15) is 9.97 Å². The molecule has 5 aromatic carbocycles. The van der Waals surface area contributed by atoms with Crippen LogP contribution in [0, 0.1) is 0 Å². The number of nitrogens with zero attached hydrogens (tertiary/aromatic N) is 4. The Morgan fingerprint density at radius 1 is 0.500 bits per heavy atom. The van der Waals surface area contributed by atoms with Crippen molar-refractivity contribution in [3.63, 3.8) is 0 Å². The largest absolute Gasteiger partial charge is 0.277 e. The van der Waals surface area contributed by atoms with Crippen LogP contribution in [0.4, 0.5) is 0 Å². The maximum atomic E-state index is 5.17. The lowest BCUT2D eigenvalue weighted by Gasteiger charge is -2.28. The molecule has 8 rings (SSSR count). The molecule has 0 atom stereocenters. The molecule has 0 bridgehead atoms. The first-order valence-corrected chi connectivity index (χ1v) is 14.3. The summed E-state index contributed by atoms with van der Waals surface area (Å²) < 4.78 is 2.25. The summed E-state index contributed by atoms with van der Waals surface area (Å²) in [6.45, 7) is 4.65. The van der Waals surface area contributed by atoms with E-state index < -0.39 is 0 Å². The van der Waals surface area contributed by atoms with Crippen molar-refractivity contribution in [3.05, 3.63) is 145 Å². The quantitative estimate of drug-likeness (QED) is 0.224. The normalized spacial score (nSPS) is 13.2. The number of hydrogen-bond donors (Lipinski definition) is 0. The third-order valence-electron chi connectivity index (χ3n) is 8.49. The molecule has 0 aliphatic heterocycles. The molecule has 2 heterocycles. The highest BCUT2D eigenvalue weighted by molar-refractivity contribution is 6.07. The fourth-order valence-electron chi connectivity index (χ4n) is 6.50. The number of hydrogen-bond acceptors (Lipinski definition) is 3. The van der Waals surface area contributed by atoms with Crippen molar-refractivity contribution in [2.45, 2.75) is 19.3 Å². The van der Waals surface area contributed by atoms with Crippen molar-refractivity contribution in [2.24, 2.45) is 0 Å². The Morgan fingerprint density at radius 3 is 1.64 bits per heavy atom. The second kappa shape index (κ2) is 9.35. The predicted octanol–water partition coefficient (Wildman–Crippen LogP) is 9.12. The lowest BCUT2D eigenvalue weighted by atomic mass is 9.75. The van der Waals surface area contributed by atoms with Gasteiger partial charge in [-0.3, -0.25) is 4.57 Å². The molecule has 200 valence electrons. The topological polar surface area (TPSA) is 43.6 Å². The molecular formula is C38H28N4. The van der Waals surface area contributed by atoms with E-state index in [1.165, 1.54) is 33.2 Å². The van der Waals surface area contributed by atoms with Crippen LogP contribution in [0.5, 0.6) is 0 Å². The lowest BCUT2D eigenvalue weighted by Crippen LogP contribution is -2.20. The summed E-state index contributed by atoms with van der Waals surface area (Å²) in [7, 11) is 0. The molecule has 7 aromatic rings. The molecular weight excluding hydrogens is 512 g/mol. The molecule has 1 aliphatic carbocycles. The first-order chi connectivity index (χ1) is 20.6. The molecule has 0 spiro atoms. The zero-order valence-electron chi connectivity index (χ0n) is 23.5. The van der Waals surface area contributed by atoms with Gasteiger partial charge in [-0.05, 0) is 22.8 Å². The Bertz CT molecular complexity index is 2050. The Hall–Kier alpha value is -5.35. The van der Waals surface area contributed by atoms with Gasteiger partial charge in [0.1, 0.15) is 0 Å². The van der Waals surface area contributed by atoms with E-state index in [4.69, 9.17) is 15.0 Å². The molecule has 2 aromatic heterocycles. The van der Waals surface area contributed by atoms with E-state index in [1.807, 2.05) is 36.4 Å². The lowest BCUT2D eigenvalue weighted by molar-refractivity contribution is 0.646. The highest BCUT2D eigenvalue weighted by Gasteiger charge is 2.36. The molecule has 0 radical (unpaired) electrons. The number of aromatic nitrogens is 4. The van der Waals surface area contributed by atoms with Crippen LogP contribution in [-0.4, -0.2) is 19.5 Å². The molecule has 4 heteroatoms. The average molecular weight is 541 g/mol. The number of benzene rings is 5. The van der Waals surface area contributed by atoms with Crippen molar-refractivity contribution in [3.8, 4) is 51.1 Å². The number of para-hydroxylation sites is 1. The summed E-state index contributed by atoms with van der Waals surface area (Å²) in [5.74, 6) is 1.90. The van der Waals surface area contributed by atoms with Gasteiger partial charge in [0, 0.05) is 33.1 Å². The molecule has 42 heavy (non-hydrogen) atoms. The monoisotopic (exact) mass is 540 g/mol. The van der Waals surface area contributed by atoms with Crippen molar-refractivity contribution in [1.82, 2.24) is 19.5 Å². The van der Waals surface area contributed by atoms with Gasteiger partial charge in [0.05, 0.1) is 11.2 Å². The number of fused-ring (bicyclic) bond motifs is 7. The molecule has 0 unspecified atom stereocenters. The Labute approximate surface area is 245 Å². The van der Waals surface area contributed by atoms with Crippen LogP contribution < -0.4 is 0 Å². The molecule has 0 saturated heterocycles. The van der Waals surface area contributed by atoms with E-state index in [0.29, 0.717) is 17.6 Å². The summed E-state index contributed by atoms with van der Waals surface area (Å²) in [5, 5.41) is 1.18. The van der Waals surface area contributed by atoms with Crippen LogP contribution in [-0.2, 0) is 5.41 Å². The highest BCUT2D eigenvalue weighted by atomic mass is 15.2. The summed E-state index contributed by atoms with van der Waals surface area (Å²) in [6.07, 6.45) is 0. The molecule has 0 amide bonds. The number of rotatable bonds is 3. The van der Waals surface area contributed by atoms with E-state index >= 15 is 0 Å². The van der Waals surface area contributed by atoms with Crippen molar-refractivity contribution < 1.29 is 0 Å². The maximum absolute atomic E-state index is 5.17. The first kappa shape index (κ1) is 24.4. The van der Waals surface area contributed by atoms with Gasteiger partial charge in [-0.25, -0.2) is 4.98 Å². The minimum absolute atomic E-state index is 0.207. The standard InChI is InChI=1S/C38H28N4/c1-38(2)30-22-12-9-19-27(30)33-29-21-11-14-24-32(29)42(34(33)28-20-10-13-23-31(28)38)37-40-35(25-15-5-3-6-16-25)39-36(41-37)26-17-7-4-8-18-26/h3-24H,1-2H3. The smallest absolute Gasteiger partial charge is 0.238 e. The molecule has 4 nitrogen and oxygen atoms in total. The van der Waals surface area contributed by atoms with E-state index in [2.05, 4.69) is 115 Å². The Morgan fingerprint density at radius 2 is 1.00 bits per heavy atom. The summed E-state index contributed by atoms with van der Waals surface area (Å²) in [5.41, 5.74) is 10.1. The minimum Gasteiger partial charge on any atom is -0.277 e. The molecule has 0 fully saturated rings. The molecule has 0 N–H and O–H groups in total. The van der Waals surface area contributed by atoms with Crippen LogP contribution in [0.2, 0.25) is 0 Å². The maximum Gasteiger partial charge on any atom is 0.238 e. The van der Waals surface area contributed by atoms with E-state index in [-0.39, 0.29) is 5.41 Å². The summed E-state index contributed by atoms with van der Waals surface area (Å²) >= 11 is 0. The second-order valence-electron chi connectivity index (χ2n) is 11.3. The zero-order valence-corrected chi connectivity index (χ0v) is 23.5. The molecule has 1 aliphatic rings. The fraction of sp³-hybridized carbons (Fsp3) is 0.0789. The van der Waals surface area contributed by atoms with Gasteiger partial charge in [0.15, 0.2) is 11.6 Å². The van der Waals surface area contributed by atoms with Crippen LogP contribution in [0.3, 0.4) is 0 Å². The van der Waals surface area contributed by atoms with Gasteiger partial charge in [0.25, 0.3) is 0 Å². The van der Waals surface area contributed by atoms with Gasteiger partial charge < -0.3 is 0 Å². The van der Waals surface area contributed by atoms with E-state index in [1.54, 1.807) is 0 Å². The third-order valence-corrected chi connectivity index (χ3v) is 8.49. The van der Waals surface area contributed by atoms with Crippen LogP contribution in [0.15, 0.2) is 133 Å². The van der Waals surface area contributed by atoms with Crippen molar-refractivity contribution in [2.75, 3.05) is 0 Å². The van der Waals surface area contributed by atoms with Crippen LogP contribution in [0.1, 0.15) is 25.0 Å². The fourth-order valence-corrected chi connectivity index (χ4v) is 6.50. The summed E-state index contributed by atoms with van der Waals surface area (Å²) in [6, 6.07) is 46.5. The SMILES string of the molecule is CC1(C)c2ccccc2-c2c(n(-c3nc(-c4ccccc4)nc(-c4ccccc4)n3)c3ccccc23)-c2ccccc21. The van der Waals surface area contributed by atoms with E-state index in [0.717, 1.165) is 22.3 Å². The first-order valence-electron chi connectivity index (χ1n) is 14.3. The zero-order chi connectivity index (χ0) is 28.3. The van der Waals surface area contributed by atoms with Gasteiger partial charge in [-0.1, -0.05) is 141 Å². The van der Waals surface area contributed by atoms with Gasteiger partial charge in [-0.15, -0.1) is 0 Å². The molecule has 0 saturated carbocycles. The van der Waals surface area contributed by atoms with Crippen molar-refractivity contribution >= 4 is 10.9 Å². The van der Waals surface area contributed by atoms with Gasteiger partial charge in [0.2, 0.25) is 5.95 Å². The summed E-state index contributed by atoms with van der Waals surface area (Å²) in [4.78, 5) is 15.3. The Kier molecular flexibility index (Phi) is 5.44. The Balaban J connectivity index is 1.54. The van der Waals surface area contributed by atoms with Crippen molar-refractivity contribution in [1.29, 1.82) is 0 Å². The van der Waals surface area contributed by atoms with Crippen LogP contribution >= 0.6 is 0 Å². The second-order valence-corrected chi connectivity index (χ2v) is 11.3. The van der Waals surface area contributed by atoms with E-state index in [9.17, 15) is 0 Å². The predicted molar refractivity (Wildman–Crippen MR) is 171 cm³/mol. The minimum atomic E-state index is -0.207. The van der Waals surface area contributed by atoms with Gasteiger partial charge >= 0.3 is 0 Å². The third kappa shape index (κ3) is 3.65.